The molecule has 2 rings (SSSR count). The number of rotatable bonds is 4. The van der Waals surface area contributed by atoms with Crippen LogP contribution < -0.4 is 5.73 Å². The summed E-state index contributed by atoms with van der Waals surface area (Å²) in [5.74, 6) is -0.940. The minimum Gasteiger partial charge on any atom is -0.480 e. The molecule has 0 saturated carbocycles. The van der Waals surface area contributed by atoms with E-state index in [-0.39, 0.29) is 0 Å². The van der Waals surface area contributed by atoms with Crippen LogP contribution in [-0.2, 0) is 18.3 Å². The number of hydrogen-bond donors (Lipinski definition) is 2. The van der Waals surface area contributed by atoms with Crippen molar-refractivity contribution in [3.8, 4) is 0 Å². The van der Waals surface area contributed by atoms with E-state index in [2.05, 4.69) is 22.8 Å². The van der Waals surface area contributed by atoms with Crippen LogP contribution in [0, 0.1) is 0 Å². The molecule has 4 nitrogen and oxygen atoms in total. The summed E-state index contributed by atoms with van der Waals surface area (Å²) in [7, 11) is 2.00. The van der Waals surface area contributed by atoms with Gasteiger partial charge in [-0.15, -0.1) is 0 Å². The molecule has 1 atom stereocenters. The summed E-state index contributed by atoms with van der Waals surface area (Å²) in [6.07, 6.45) is 3.16. The van der Waals surface area contributed by atoms with Gasteiger partial charge in [0.2, 0.25) is 0 Å². The summed E-state index contributed by atoms with van der Waals surface area (Å²) in [6, 6.07) is 7.44. The number of aliphatic carboxylic acids is 1. The van der Waals surface area contributed by atoms with Gasteiger partial charge in [0.1, 0.15) is 6.04 Å². The summed E-state index contributed by atoms with van der Waals surface area (Å²) in [5.41, 5.74) is 7.76. The van der Waals surface area contributed by atoms with Gasteiger partial charge >= 0.3 is 5.97 Å². The molecule has 17 heavy (non-hydrogen) atoms. The highest BCUT2D eigenvalue weighted by Crippen LogP contribution is 2.17. The smallest absolute Gasteiger partial charge is 0.320 e. The van der Waals surface area contributed by atoms with Gasteiger partial charge < -0.3 is 15.4 Å². The molecule has 1 heterocycles. The maximum absolute atomic E-state index is 10.6. The number of carbonyl (C=O) groups is 1. The van der Waals surface area contributed by atoms with Crippen molar-refractivity contribution < 1.29 is 9.90 Å². The van der Waals surface area contributed by atoms with E-state index in [1.807, 2.05) is 19.3 Å². The first-order valence-corrected chi connectivity index (χ1v) is 5.60. The van der Waals surface area contributed by atoms with Gasteiger partial charge in [-0.25, -0.2) is 0 Å². The fourth-order valence-electron chi connectivity index (χ4n) is 1.91. The molecule has 1 aromatic carbocycles. The monoisotopic (exact) mass is 232 g/mol. The van der Waals surface area contributed by atoms with Crippen molar-refractivity contribution in [3.05, 3.63) is 36.0 Å². The predicted molar refractivity (Wildman–Crippen MR) is 66.9 cm³/mol. The first kappa shape index (κ1) is 11.7. The summed E-state index contributed by atoms with van der Waals surface area (Å²) < 4.78 is 2.05. The molecule has 0 aliphatic heterocycles. The average molecular weight is 232 g/mol. The third-order valence-corrected chi connectivity index (χ3v) is 3.01. The molecule has 0 spiro atoms. The Morgan fingerprint density at radius 1 is 1.47 bits per heavy atom. The van der Waals surface area contributed by atoms with Crippen LogP contribution >= 0.6 is 0 Å². The standard InChI is InChI=1S/C13H16N2O2/c1-15-7-6-10-4-2-9(8-12(10)15)3-5-11(14)13(16)17/h2,4,6-8,11H,3,5,14H2,1H3,(H,16,17)/t11-/m0/s1. The van der Waals surface area contributed by atoms with Crippen LogP contribution in [0.5, 0.6) is 0 Å². The van der Waals surface area contributed by atoms with E-state index in [0.717, 1.165) is 11.1 Å². The Bertz CT molecular complexity index is 545. The quantitative estimate of drug-likeness (QED) is 0.839. The highest BCUT2D eigenvalue weighted by molar-refractivity contribution is 5.80. The van der Waals surface area contributed by atoms with Crippen molar-refractivity contribution in [2.45, 2.75) is 18.9 Å². The minimum atomic E-state index is -0.940. The van der Waals surface area contributed by atoms with Crippen molar-refractivity contribution in [1.29, 1.82) is 0 Å². The van der Waals surface area contributed by atoms with E-state index in [0.29, 0.717) is 12.8 Å². The lowest BCUT2D eigenvalue weighted by Crippen LogP contribution is -2.30. The second kappa shape index (κ2) is 4.59. The average Bonchev–Trinajstić information content (AvgIpc) is 2.68. The summed E-state index contributed by atoms with van der Waals surface area (Å²) >= 11 is 0. The van der Waals surface area contributed by atoms with Gasteiger partial charge in [-0.05, 0) is 35.9 Å². The van der Waals surface area contributed by atoms with Crippen LogP contribution in [0.4, 0.5) is 0 Å². The maximum atomic E-state index is 10.6. The van der Waals surface area contributed by atoms with E-state index in [9.17, 15) is 4.79 Å². The van der Waals surface area contributed by atoms with Gasteiger partial charge in [0.25, 0.3) is 0 Å². The molecule has 0 fully saturated rings. The number of benzene rings is 1. The molecule has 90 valence electrons. The van der Waals surface area contributed by atoms with Gasteiger partial charge in [-0.3, -0.25) is 4.79 Å². The molecule has 0 saturated heterocycles. The zero-order valence-electron chi connectivity index (χ0n) is 9.76. The molecule has 0 radical (unpaired) electrons. The fraction of sp³-hybridized carbons (Fsp3) is 0.308. The number of nitrogens with two attached hydrogens (primary N) is 1. The Hall–Kier alpha value is -1.81. The van der Waals surface area contributed by atoms with Crippen LogP contribution in [-0.4, -0.2) is 21.7 Å². The van der Waals surface area contributed by atoms with Crippen molar-refractivity contribution in [2.75, 3.05) is 0 Å². The van der Waals surface area contributed by atoms with Crippen LogP contribution in [0.2, 0.25) is 0 Å². The maximum Gasteiger partial charge on any atom is 0.320 e. The first-order chi connectivity index (χ1) is 8.08. The first-order valence-electron chi connectivity index (χ1n) is 5.60. The van der Waals surface area contributed by atoms with E-state index < -0.39 is 12.0 Å². The molecular formula is C13H16N2O2. The summed E-state index contributed by atoms with van der Waals surface area (Å²) in [6.45, 7) is 0. The van der Waals surface area contributed by atoms with Crippen molar-refractivity contribution in [1.82, 2.24) is 4.57 Å². The minimum absolute atomic E-state index is 0.464. The number of aromatic nitrogens is 1. The van der Waals surface area contributed by atoms with Crippen molar-refractivity contribution in [3.63, 3.8) is 0 Å². The third kappa shape index (κ3) is 2.47. The third-order valence-electron chi connectivity index (χ3n) is 3.01. The summed E-state index contributed by atoms with van der Waals surface area (Å²) in [5, 5.41) is 9.91. The Labute approximate surface area is 99.7 Å². The SMILES string of the molecule is Cn1ccc2ccc(CC[C@H](N)C(=O)O)cc21. The normalized spacial score (nSPS) is 12.8. The number of hydrogen-bond acceptors (Lipinski definition) is 2. The largest absolute Gasteiger partial charge is 0.480 e. The van der Waals surface area contributed by atoms with Crippen LogP contribution in [0.1, 0.15) is 12.0 Å². The number of carboxylic acids is 1. The van der Waals surface area contributed by atoms with Crippen LogP contribution in [0.25, 0.3) is 10.9 Å². The number of aryl methyl sites for hydroxylation is 2. The molecule has 0 bridgehead atoms. The van der Waals surface area contributed by atoms with Gasteiger partial charge in [0, 0.05) is 18.8 Å². The fourth-order valence-corrected chi connectivity index (χ4v) is 1.91. The molecule has 0 unspecified atom stereocenters. The van der Waals surface area contributed by atoms with Gasteiger partial charge in [0.05, 0.1) is 0 Å². The highest BCUT2D eigenvalue weighted by Gasteiger charge is 2.11. The van der Waals surface area contributed by atoms with Crippen molar-refractivity contribution >= 4 is 16.9 Å². The van der Waals surface area contributed by atoms with Crippen LogP contribution in [0.3, 0.4) is 0 Å². The van der Waals surface area contributed by atoms with Gasteiger partial charge in [-0.2, -0.15) is 0 Å². The number of carboxylic acid groups (broad SMARTS) is 1. The molecular weight excluding hydrogens is 216 g/mol. The Morgan fingerprint density at radius 2 is 2.24 bits per heavy atom. The van der Waals surface area contributed by atoms with E-state index >= 15 is 0 Å². The lowest BCUT2D eigenvalue weighted by molar-refractivity contribution is -0.138. The molecule has 2 aromatic rings. The van der Waals surface area contributed by atoms with Gasteiger partial charge in [0.15, 0.2) is 0 Å². The van der Waals surface area contributed by atoms with Crippen LogP contribution in [0.15, 0.2) is 30.5 Å². The number of nitrogens with zero attached hydrogens (tertiary/aromatic N) is 1. The Kier molecular flexibility index (Phi) is 3.15. The second-order valence-corrected chi connectivity index (χ2v) is 4.30. The molecule has 4 heteroatoms. The molecule has 1 aromatic heterocycles. The Balaban J connectivity index is 2.14. The second-order valence-electron chi connectivity index (χ2n) is 4.30. The molecule has 0 aliphatic carbocycles. The highest BCUT2D eigenvalue weighted by atomic mass is 16.4. The zero-order chi connectivity index (χ0) is 12.4. The summed E-state index contributed by atoms with van der Waals surface area (Å²) in [4.78, 5) is 10.6. The lowest BCUT2D eigenvalue weighted by atomic mass is 10.0. The van der Waals surface area contributed by atoms with Crippen molar-refractivity contribution in [2.24, 2.45) is 12.8 Å². The lowest BCUT2D eigenvalue weighted by Gasteiger charge is -2.06. The Morgan fingerprint density at radius 3 is 2.94 bits per heavy atom. The predicted octanol–water partition coefficient (Wildman–Crippen LogP) is 1.52. The van der Waals surface area contributed by atoms with E-state index in [1.54, 1.807) is 0 Å². The van der Waals surface area contributed by atoms with Gasteiger partial charge in [-0.1, -0.05) is 12.1 Å². The molecule has 3 N–H and O–H groups in total. The zero-order valence-corrected chi connectivity index (χ0v) is 9.76. The number of fused-ring (bicyclic) bond motifs is 1. The van der Waals surface area contributed by atoms with E-state index in [4.69, 9.17) is 10.8 Å². The molecule has 0 aliphatic rings. The van der Waals surface area contributed by atoms with E-state index in [1.165, 1.54) is 5.39 Å². The molecule has 0 amide bonds. The topological polar surface area (TPSA) is 68.2 Å².